The number of halogens is 1. The van der Waals surface area contributed by atoms with Gasteiger partial charge in [0.25, 0.3) is 5.91 Å². The summed E-state index contributed by atoms with van der Waals surface area (Å²) in [5.74, 6) is 0.627. The van der Waals surface area contributed by atoms with E-state index in [1.54, 1.807) is 12.1 Å². The SMILES string of the molecule is CCOc1cc(/C=C(/C#N)C(=O)Nc2cccc(C)c2C)cc(Br)c1OCc1ccccc1. The lowest BCUT2D eigenvalue weighted by atomic mass is 10.1. The van der Waals surface area contributed by atoms with Crippen LogP contribution < -0.4 is 14.8 Å². The molecular weight excluding hydrogens is 480 g/mol. The molecule has 0 heterocycles. The average molecular weight is 505 g/mol. The van der Waals surface area contributed by atoms with E-state index in [4.69, 9.17) is 9.47 Å². The molecule has 0 aromatic heterocycles. The van der Waals surface area contributed by atoms with E-state index in [1.165, 1.54) is 6.08 Å². The van der Waals surface area contributed by atoms with Crippen LogP contribution in [0.2, 0.25) is 0 Å². The number of nitriles is 1. The maximum atomic E-state index is 12.8. The molecule has 1 amide bonds. The summed E-state index contributed by atoms with van der Waals surface area (Å²) in [5, 5.41) is 12.4. The van der Waals surface area contributed by atoms with Crippen LogP contribution in [-0.2, 0) is 11.4 Å². The second kappa shape index (κ2) is 11.3. The molecule has 1 N–H and O–H groups in total. The van der Waals surface area contributed by atoms with Gasteiger partial charge >= 0.3 is 0 Å². The Balaban J connectivity index is 1.86. The zero-order chi connectivity index (χ0) is 23.8. The highest BCUT2D eigenvalue weighted by atomic mass is 79.9. The van der Waals surface area contributed by atoms with Crippen LogP contribution in [0.3, 0.4) is 0 Å². The van der Waals surface area contributed by atoms with E-state index in [-0.39, 0.29) is 5.57 Å². The largest absolute Gasteiger partial charge is 0.490 e. The molecule has 3 aromatic carbocycles. The number of aryl methyl sites for hydroxylation is 1. The average Bonchev–Trinajstić information content (AvgIpc) is 2.80. The Bertz CT molecular complexity index is 1210. The lowest BCUT2D eigenvalue weighted by Gasteiger charge is -2.15. The van der Waals surface area contributed by atoms with Gasteiger partial charge in [0.05, 0.1) is 11.1 Å². The van der Waals surface area contributed by atoms with Crippen molar-refractivity contribution < 1.29 is 14.3 Å². The molecule has 0 atom stereocenters. The third-order valence-electron chi connectivity index (χ3n) is 5.09. The monoisotopic (exact) mass is 504 g/mol. The van der Waals surface area contributed by atoms with E-state index < -0.39 is 5.91 Å². The number of carbonyl (C=O) groups is 1. The van der Waals surface area contributed by atoms with Crippen molar-refractivity contribution in [2.24, 2.45) is 0 Å². The second-order valence-electron chi connectivity index (χ2n) is 7.41. The Hall–Kier alpha value is -3.56. The first-order valence-corrected chi connectivity index (χ1v) is 11.3. The zero-order valence-corrected chi connectivity index (χ0v) is 20.4. The van der Waals surface area contributed by atoms with Crippen LogP contribution in [-0.4, -0.2) is 12.5 Å². The molecular formula is C27H25BrN2O3. The molecule has 0 aliphatic rings. The summed E-state index contributed by atoms with van der Waals surface area (Å²) in [6, 6.07) is 21.1. The molecule has 5 nitrogen and oxygen atoms in total. The highest BCUT2D eigenvalue weighted by Crippen LogP contribution is 2.38. The van der Waals surface area contributed by atoms with Gasteiger partial charge < -0.3 is 14.8 Å². The molecule has 33 heavy (non-hydrogen) atoms. The fraction of sp³-hybridized carbons (Fsp3) is 0.185. The van der Waals surface area contributed by atoms with E-state index >= 15 is 0 Å². The van der Waals surface area contributed by atoms with Crippen molar-refractivity contribution in [3.8, 4) is 17.6 Å². The van der Waals surface area contributed by atoms with Crippen LogP contribution >= 0.6 is 15.9 Å². The summed E-state index contributed by atoms with van der Waals surface area (Å²) < 4.78 is 12.5. The van der Waals surface area contributed by atoms with Crippen molar-refractivity contribution in [2.75, 3.05) is 11.9 Å². The van der Waals surface area contributed by atoms with Crippen molar-refractivity contribution in [3.05, 3.63) is 93.0 Å². The predicted octanol–water partition coefficient (Wildman–Crippen LogP) is 6.59. The summed E-state index contributed by atoms with van der Waals surface area (Å²) in [6.45, 7) is 6.62. The highest BCUT2D eigenvalue weighted by molar-refractivity contribution is 9.10. The minimum atomic E-state index is -0.468. The number of carbonyl (C=O) groups excluding carboxylic acids is 1. The quantitative estimate of drug-likeness (QED) is 0.277. The van der Waals surface area contributed by atoms with Crippen LogP contribution in [0.5, 0.6) is 11.5 Å². The molecule has 0 saturated carbocycles. The van der Waals surface area contributed by atoms with Gasteiger partial charge in [-0.15, -0.1) is 0 Å². The van der Waals surface area contributed by atoms with Crippen LogP contribution in [0.4, 0.5) is 5.69 Å². The van der Waals surface area contributed by atoms with Gasteiger partial charge in [-0.3, -0.25) is 4.79 Å². The highest BCUT2D eigenvalue weighted by Gasteiger charge is 2.15. The second-order valence-corrected chi connectivity index (χ2v) is 8.26. The van der Waals surface area contributed by atoms with Gasteiger partial charge in [-0.05, 0) is 83.2 Å². The Kier molecular flexibility index (Phi) is 8.28. The molecule has 0 radical (unpaired) electrons. The van der Waals surface area contributed by atoms with Gasteiger partial charge in [-0.25, -0.2) is 0 Å². The molecule has 0 saturated heterocycles. The normalized spacial score (nSPS) is 10.9. The van der Waals surface area contributed by atoms with E-state index in [0.29, 0.717) is 40.4 Å². The lowest BCUT2D eigenvalue weighted by molar-refractivity contribution is -0.112. The van der Waals surface area contributed by atoms with Crippen LogP contribution in [0.15, 0.2) is 70.7 Å². The molecule has 0 aliphatic heterocycles. The number of benzene rings is 3. The number of amides is 1. The van der Waals surface area contributed by atoms with Gasteiger partial charge in [-0.1, -0.05) is 42.5 Å². The van der Waals surface area contributed by atoms with E-state index in [0.717, 1.165) is 16.7 Å². The van der Waals surface area contributed by atoms with Crippen molar-refractivity contribution >= 4 is 33.6 Å². The van der Waals surface area contributed by atoms with Gasteiger partial charge in [-0.2, -0.15) is 5.26 Å². The Morgan fingerprint density at radius 3 is 2.55 bits per heavy atom. The number of anilines is 1. The van der Waals surface area contributed by atoms with Crippen molar-refractivity contribution in [3.63, 3.8) is 0 Å². The molecule has 0 bridgehead atoms. The van der Waals surface area contributed by atoms with Gasteiger partial charge in [0.15, 0.2) is 11.5 Å². The minimum Gasteiger partial charge on any atom is -0.490 e. The number of nitrogens with one attached hydrogen (secondary N) is 1. The standard InChI is InChI=1S/C27H25BrN2O3/c1-4-32-25-15-21(14-23(28)26(25)33-17-20-10-6-5-7-11-20)13-22(16-29)27(31)30-24-12-8-9-18(2)19(24)3/h5-15H,4,17H2,1-3H3,(H,30,31)/b22-13-. The minimum absolute atomic E-state index is 0.0109. The van der Waals surface area contributed by atoms with Gasteiger partial charge in [0.1, 0.15) is 18.2 Å². The first-order chi connectivity index (χ1) is 15.9. The molecule has 6 heteroatoms. The third-order valence-corrected chi connectivity index (χ3v) is 5.68. The van der Waals surface area contributed by atoms with Crippen LogP contribution in [0, 0.1) is 25.2 Å². The van der Waals surface area contributed by atoms with Gasteiger partial charge in [0.2, 0.25) is 0 Å². The summed E-state index contributed by atoms with van der Waals surface area (Å²) in [5.41, 5.74) is 4.37. The van der Waals surface area contributed by atoms with Crippen LogP contribution in [0.25, 0.3) is 6.08 Å². The number of hydrogen-bond acceptors (Lipinski definition) is 4. The fourth-order valence-corrected chi connectivity index (χ4v) is 3.77. The number of rotatable bonds is 8. The van der Waals surface area contributed by atoms with Crippen molar-refractivity contribution in [1.29, 1.82) is 5.26 Å². The smallest absolute Gasteiger partial charge is 0.266 e. The lowest BCUT2D eigenvalue weighted by Crippen LogP contribution is -2.14. The molecule has 168 valence electrons. The maximum Gasteiger partial charge on any atom is 0.266 e. The zero-order valence-electron chi connectivity index (χ0n) is 18.8. The molecule has 0 spiro atoms. The third kappa shape index (κ3) is 6.24. The predicted molar refractivity (Wildman–Crippen MR) is 134 cm³/mol. The number of nitrogens with zero attached hydrogens (tertiary/aromatic N) is 1. The Labute approximate surface area is 202 Å². The Morgan fingerprint density at radius 1 is 1.09 bits per heavy atom. The molecule has 3 aromatic rings. The molecule has 0 fully saturated rings. The fourth-order valence-electron chi connectivity index (χ4n) is 3.20. The van der Waals surface area contributed by atoms with Crippen molar-refractivity contribution in [1.82, 2.24) is 0 Å². The van der Waals surface area contributed by atoms with E-state index in [1.807, 2.05) is 75.4 Å². The first kappa shape index (κ1) is 24.1. The first-order valence-electron chi connectivity index (χ1n) is 10.5. The number of hydrogen-bond donors (Lipinski definition) is 1. The van der Waals surface area contributed by atoms with E-state index in [9.17, 15) is 10.1 Å². The van der Waals surface area contributed by atoms with E-state index in [2.05, 4.69) is 21.2 Å². The Morgan fingerprint density at radius 2 is 1.85 bits per heavy atom. The summed E-state index contributed by atoms with van der Waals surface area (Å²) in [4.78, 5) is 12.8. The van der Waals surface area contributed by atoms with Crippen molar-refractivity contribution in [2.45, 2.75) is 27.4 Å². The summed E-state index contributed by atoms with van der Waals surface area (Å²) in [6.07, 6.45) is 1.54. The number of ether oxygens (including phenoxy) is 2. The summed E-state index contributed by atoms with van der Waals surface area (Å²) >= 11 is 3.54. The topological polar surface area (TPSA) is 71.3 Å². The molecule has 0 unspecified atom stereocenters. The van der Waals surface area contributed by atoms with Crippen LogP contribution in [0.1, 0.15) is 29.2 Å². The molecule has 0 aliphatic carbocycles. The van der Waals surface area contributed by atoms with Gasteiger partial charge in [0, 0.05) is 5.69 Å². The molecule has 3 rings (SSSR count). The maximum absolute atomic E-state index is 12.8. The summed E-state index contributed by atoms with van der Waals surface area (Å²) in [7, 11) is 0.